The number of nitrogens with zero attached hydrogens (tertiary/aromatic N) is 1. The molecular formula is C16H30N3O4+. The van der Waals surface area contributed by atoms with E-state index in [-0.39, 0.29) is 30.3 Å². The molecular weight excluding hydrogens is 298 g/mol. The lowest BCUT2D eigenvalue weighted by molar-refractivity contribution is -0.907. The van der Waals surface area contributed by atoms with Gasteiger partial charge in [0, 0.05) is 19.1 Å². The first-order valence-electron chi connectivity index (χ1n) is 8.68. The van der Waals surface area contributed by atoms with E-state index in [0.29, 0.717) is 26.2 Å². The molecule has 0 spiro atoms. The highest BCUT2D eigenvalue weighted by Crippen LogP contribution is 2.11. The van der Waals surface area contributed by atoms with E-state index in [1.165, 1.54) is 4.90 Å². The molecule has 0 radical (unpaired) electrons. The van der Waals surface area contributed by atoms with Crippen LogP contribution in [0.4, 0.5) is 4.79 Å². The predicted molar refractivity (Wildman–Crippen MR) is 85.3 cm³/mol. The van der Waals surface area contributed by atoms with Crippen molar-refractivity contribution >= 4 is 12.0 Å². The highest BCUT2D eigenvalue weighted by Gasteiger charge is 2.29. The largest absolute Gasteiger partial charge is 0.450 e. The topological polar surface area (TPSA) is 72.3 Å². The van der Waals surface area contributed by atoms with Crippen LogP contribution in [0.3, 0.4) is 0 Å². The van der Waals surface area contributed by atoms with Crippen molar-refractivity contribution in [2.45, 2.75) is 51.9 Å². The Bertz CT molecular complexity index is 400. The van der Waals surface area contributed by atoms with Gasteiger partial charge in [-0.05, 0) is 33.6 Å². The fourth-order valence-corrected chi connectivity index (χ4v) is 3.46. The highest BCUT2D eigenvalue weighted by atomic mass is 16.6. The van der Waals surface area contributed by atoms with Gasteiger partial charge in [0.25, 0.3) is 5.91 Å². The van der Waals surface area contributed by atoms with E-state index in [9.17, 15) is 9.59 Å². The van der Waals surface area contributed by atoms with Crippen LogP contribution in [-0.2, 0) is 14.3 Å². The zero-order valence-electron chi connectivity index (χ0n) is 14.5. The Morgan fingerprint density at radius 1 is 1.22 bits per heavy atom. The van der Waals surface area contributed by atoms with Crippen molar-refractivity contribution in [3.05, 3.63) is 0 Å². The maximum atomic E-state index is 12.2. The molecule has 2 fully saturated rings. The molecule has 0 aliphatic carbocycles. The number of ether oxygens (including phenoxy) is 2. The van der Waals surface area contributed by atoms with Gasteiger partial charge in [0.15, 0.2) is 6.54 Å². The van der Waals surface area contributed by atoms with Crippen molar-refractivity contribution in [3.8, 4) is 0 Å². The second kappa shape index (κ2) is 8.49. The van der Waals surface area contributed by atoms with Gasteiger partial charge in [0.05, 0.1) is 6.61 Å². The quantitative estimate of drug-likeness (QED) is 0.724. The standard InChI is InChI=1S/C16H29N3O4/c1-4-22-16(21)19-7-5-14(6-8-19)17-15(20)11-18-9-12(2)23-13(3)10-18/h12-14H,4-11H2,1-3H3,(H,17,20)/p+1/t12-,13-/m1/s1. The van der Waals surface area contributed by atoms with Gasteiger partial charge in [0.2, 0.25) is 0 Å². The van der Waals surface area contributed by atoms with Crippen LogP contribution in [0.5, 0.6) is 0 Å². The summed E-state index contributed by atoms with van der Waals surface area (Å²) in [5.74, 6) is 0.0934. The summed E-state index contributed by atoms with van der Waals surface area (Å²) in [7, 11) is 0. The third-order valence-corrected chi connectivity index (χ3v) is 4.41. The number of nitrogens with one attached hydrogen (secondary N) is 2. The Kier molecular flexibility index (Phi) is 6.65. The van der Waals surface area contributed by atoms with Crippen LogP contribution in [0.1, 0.15) is 33.6 Å². The first-order chi connectivity index (χ1) is 11.0. The van der Waals surface area contributed by atoms with Crippen molar-refractivity contribution in [2.24, 2.45) is 0 Å². The number of hydrogen-bond acceptors (Lipinski definition) is 4. The Labute approximate surface area is 138 Å². The molecule has 7 heteroatoms. The van der Waals surface area contributed by atoms with Crippen LogP contribution in [-0.4, -0.2) is 74.5 Å². The van der Waals surface area contributed by atoms with Gasteiger partial charge in [-0.3, -0.25) is 4.79 Å². The Morgan fingerprint density at radius 2 is 1.83 bits per heavy atom. The fourth-order valence-electron chi connectivity index (χ4n) is 3.46. The number of amides is 2. The molecule has 132 valence electrons. The number of quaternary nitrogens is 1. The van der Waals surface area contributed by atoms with E-state index in [1.54, 1.807) is 11.8 Å². The van der Waals surface area contributed by atoms with Gasteiger partial charge >= 0.3 is 6.09 Å². The van der Waals surface area contributed by atoms with Gasteiger partial charge in [0.1, 0.15) is 25.3 Å². The molecule has 2 N–H and O–H groups in total. The van der Waals surface area contributed by atoms with Crippen molar-refractivity contribution < 1.29 is 24.0 Å². The van der Waals surface area contributed by atoms with E-state index >= 15 is 0 Å². The first-order valence-corrected chi connectivity index (χ1v) is 8.68. The molecule has 2 amide bonds. The molecule has 23 heavy (non-hydrogen) atoms. The molecule has 7 nitrogen and oxygen atoms in total. The van der Waals surface area contributed by atoms with Gasteiger partial charge in [-0.1, -0.05) is 0 Å². The number of carbonyl (C=O) groups is 2. The molecule has 0 aromatic carbocycles. The summed E-state index contributed by atoms with van der Waals surface area (Å²) in [5, 5.41) is 3.11. The zero-order chi connectivity index (χ0) is 16.8. The summed E-state index contributed by atoms with van der Waals surface area (Å²) in [4.78, 5) is 26.9. The van der Waals surface area contributed by atoms with E-state index in [0.717, 1.165) is 25.9 Å². The van der Waals surface area contributed by atoms with Gasteiger partial charge in [-0.25, -0.2) is 4.79 Å². The molecule has 0 unspecified atom stereocenters. The normalized spacial score (nSPS) is 29.2. The van der Waals surface area contributed by atoms with Crippen LogP contribution < -0.4 is 10.2 Å². The van der Waals surface area contributed by atoms with Crippen LogP contribution in [0, 0.1) is 0 Å². The maximum absolute atomic E-state index is 12.2. The second-order valence-electron chi connectivity index (χ2n) is 6.62. The zero-order valence-corrected chi connectivity index (χ0v) is 14.5. The van der Waals surface area contributed by atoms with Crippen LogP contribution in [0.25, 0.3) is 0 Å². The molecule has 2 heterocycles. The molecule has 0 aromatic rings. The minimum absolute atomic E-state index is 0.0934. The number of morpholine rings is 1. The minimum Gasteiger partial charge on any atom is -0.450 e. The van der Waals surface area contributed by atoms with E-state index in [4.69, 9.17) is 9.47 Å². The monoisotopic (exact) mass is 328 g/mol. The summed E-state index contributed by atoms with van der Waals surface area (Å²) in [5.41, 5.74) is 0. The molecule has 2 saturated heterocycles. The van der Waals surface area contributed by atoms with Crippen LogP contribution >= 0.6 is 0 Å². The van der Waals surface area contributed by atoms with Crippen molar-refractivity contribution in [3.63, 3.8) is 0 Å². The van der Waals surface area contributed by atoms with Crippen molar-refractivity contribution in [1.82, 2.24) is 10.2 Å². The lowest BCUT2D eigenvalue weighted by Crippen LogP contribution is -3.16. The second-order valence-corrected chi connectivity index (χ2v) is 6.62. The molecule has 2 rings (SSSR count). The van der Waals surface area contributed by atoms with Gasteiger partial charge < -0.3 is 24.6 Å². The molecule has 0 aromatic heterocycles. The summed E-state index contributed by atoms with van der Waals surface area (Å²) in [6, 6.07) is 0.156. The average Bonchev–Trinajstić information content (AvgIpc) is 2.47. The molecule has 2 aliphatic rings. The van der Waals surface area contributed by atoms with E-state index < -0.39 is 0 Å². The summed E-state index contributed by atoms with van der Waals surface area (Å²) < 4.78 is 10.7. The summed E-state index contributed by atoms with van der Waals surface area (Å²) >= 11 is 0. The average molecular weight is 328 g/mol. The van der Waals surface area contributed by atoms with Crippen molar-refractivity contribution in [1.29, 1.82) is 0 Å². The first kappa shape index (κ1) is 18.0. The Hall–Kier alpha value is -1.34. The summed E-state index contributed by atoms with van der Waals surface area (Å²) in [6.45, 7) is 9.84. The van der Waals surface area contributed by atoms with Gasteiger partial charge in [-0.15, -0.1) is 0 Å². The molecule has 2 aliphatic heterocycles. The number of piperidine rings is 1. The maximum Gasteiger partial charge on any atom is 0.409 e. The Morgan fingerprint density at radius 3 is 2.39 bits per heavy atom. The number of rotatable bonds is 4. The Balaban J connectivity index is 1.69. The SMILES string of the molecule is CCOC(=O)N1CCC(NC(=O)C[NH+]2C[C@@H](C)O[C@H](C)C2)CC1. The third kappa shape index (κ3) is 5.66. The number of hydrogen-bond donors (Lipinski definition) is 2. The lowest BCUT2D eigenvalue weighted by Gasteiger charge is -2.33. The van der Waals surface area contributed by atoms with Gasteiger partial charge in [-0.2, -0.15) is 0 Å². The van der Waals surface area contributed by atoms with Crippen molar-refractivity contribution in [2.75, 3.05) is 39.3 Å². The van der Waals surface area contributed by atoms with Crippen LogP contribution in [0.2, 0.25) is 0 Å². The lowest BCUT2D eigenvalue weighted by atomic mass is 10.1. The van der Waals surface area contributed by atoms with Crippen LogP contribution in [0.15, 0.2) is 0 Å². The molecule has 2 atom stereocenters. The number of carbonyl (C=O) groups excluding carboxylic acids is 2. The third-order valence-electron chi connectivity index (χ3n) is 4.41. The minimum atomic E-state index is -0.252. The molecule has 0 bridgehead atoms. The predicted octanol–water partition coefficient (Wildman–Crippen LogP) is -0.584. The highest BCUT2D eigenvalue weighted by molar-refractivity contribution is 5.77. The van der Waals surface area contributed by atoms with E-state index in [2.05, 4.69) is 19.2 Å². The molecule has 0 saturated carbocycles. The fraction of sp³-hybridized carbons (Fsp3) is 0.875. The van der Waals surface area contributed by atoms with E-state index in [1.807, 2.05) is 0 Å². The summed E-state index contributed by atoms with van der Waals surface area (Å²) in [6.07, 6.45) is 1.73. The number of likely N-dealkylation sites (tertiary alicyclic amines) is 1. The smallest absolute Gasteiger partial charge is 0.409 e.